The predicted molar refractivity (Wildman–Crippen MR) is 131 cm³/mol. The van der Waals surface area contributed by atoms with Gasteiger partial charge < -0.3 is 19.9 Å². The molecule has 4 rings (SSSR count). The molecule has 0 fully saturated rings. The lowest BCUT2D eigenvalue weighted by atomic mass is 10.2. The van der Waals surface area contributed by atoms with Crippen molar-refractivity contribution in [2.24, 2.45) is 0 Å². The lowest BCUT2D eigenvalue weighted by Gasteiger charge is -2.11. The van der Waals surface area contributed by atoms with Crippen molar-refractivity contribution in [3.8, 4) is 5.75 Å². The van der Waals surface area contributed by atoms with Crippen molar-refractivity contribution < 1.29 is 14.3 Å². The van der Waals surface area contributed by atoms with Crippen molar-refractivity contribution in [3.05, 3.63) is 125 Å². The molecular weight excluding hydrogens is 430 g/mol. The van der Waals surface area contributed by atoms with Gasteiger partial charge in [0.1, 0.15) is 11.3 Å². The van der Waals surface area contributed by atoms with Gasteiger partial charge in [-0.15, -0.1) is 0 Å². The van der Waals surface area contributed by atoms with Crippen molar-refractivity contribution >= 4 is 23.2 Å². The highest BCUT2D eigenvalue weighted by atomic mass is 16.5. The fourth-order valence-corrected chi connectivity index (χ4v) is 3.34. The maximum atomic E-state index is 12.8. The number of anilines is 2. The number of benzene rings is 3. The Balaban J connectivity index is 1.39. The van der Waals surface area contributed by atoms with Crippen LogP contribution in [0.15, 0.2) is 108 Å². The highest BCUT2D eigenvalue weighted by Crippen LogP contribution is 2.18. The number of carbonyl (C=O) groups is 2. The molecule has 0 aliphatic rings. The van der Waals surface area contributed by atoms with E-state index >= 15 is 0 Å². The molecule has 0 atom stereocenters. The molecule has 3 aromatic carbocycles. The third kappa shape index (κ3) is 5.98. The Bertz CT molecular complexity index is 1330. The summed E-state index contributed by atoms with van der Waals surface area (Å²) < 4.78 is 7.04. The summed E-state index contributed by atoms with van der Waals surface area (Å²) in [5, 5.41) is 5.46. The Labute approximate surface area is 196 Å². The molecule has 0 aliphatic carbocycles. The molecule has 2 amide bonds. The van der Waals surface area contributed by atoms with Gasteiger partial charge in [-0.1, -0.05) is 54.6 Å². The van der Waals surface area contributed by atoms with Crippen LogP contribution in [0.3, 0.4) is 0 Å². The summed E-state index contributed by atoms with van der Waals surface area (Å²) in [6.07, 6.45) is 1.65. The third-order valence-corrected chi connectivity index (χ3v) is 4.98. The molecule has 1 heterocycles. The Morgan fingerprint density at radius 1 is 0.765 bits per heavy atom. The van der Waals surface area contributed by atoms with E-state index in [0.29, 0.717) is 23.7 Å². The molecule has 34 heavy (non-hydrogen) atoms. The van der Waals surface area contributed by atoms with E-state index in [1.807, 2.05) is 48.5 Å². The van der Waals surface area contributed by atoms with Crippen LogP contribution in [0, 0.1) is 0 Å². The molecule has 1 aromatic heterocycles. The van der Waals surface area contributed by atoms with Gasteiger partial charge in [-0.2, -0.15) is 0 Å². The first-order valence-corrected chi connectivity index (χ1v) is 10.7. The van der Waals surface area contributed by atoms with Crippen LogP contribution in [0.2, 0.25) is 0 Å². The predicted octanol–water partition coefficient (Wildman–Crippen LogP) is 4.17. The molecule has 0 radical (unpaired) electrons. The number of nitrogens with zero attached hydrogens (tertiary/aromatic N) is 1. The smallest absolute Gasteiger partial charge is 0.263 e. The summed E-state index contributed by atoms with van der Waals surface area (Å²) >= 11 is 0. The Morgan fingerprint density at radius 3 is 2.24 bits per heavy atom. The first-order chi connectivity index (χ1) is 16.6. The van der Waals surface area contributed by atoms with Gasteiger partial charge in [0.05, 0.1) is 6.54 Å². The summed E-state index contributed by atoms with van der Waals surface area (Å²) in [5.74, 6) is -0.411. The van der Waals surface area contributed by atoms with E-state index in [1.54, 1.807) is 48.7 Å². The Morgan fingerprint density at radius 2 is 1.47 bits per heavy atom. The number of para-hydroxylation sites is 1. The average Bonchev–Trinajstić information content (AvgIpc) is 2.85. The minimum absolute atomic E-state index is 0.0343. The molecule has 0 spiro atoms. The quantitative estimate of drug-likeness (QED) is 0.419. The monoisotopic (exact) mass is 453 g/mol. The van der Waals surface area contributed by atoms with Gasteiger partial charge in [-0.25, -0.2) is 0 Å². The molecule has 0 saturated heterocycles. The van der Waals surface area contributed by atoms with Crippen LogP contribution >= 0.6 is 0 Å². The van der Waals surface area contributed by atoms with Crippen LogP contribution in [-0.2, 0) is 11.3 Å². The van der Waals surface area contributed by atoms with Crippen LogP contribution < -0.4 is 20.9 Å². The van der Waals surface area contributed by atoms with Gasteiger partial charge in [-0.3, -0.25) is 14.4 Å². The lowest BCUT2D eigenvalue weighted by Crippen LogP contribution is -2.29. The molecule has 7 nitrogen and oxygen atoms in total. The SMILES string of the molecule is O=C(COc1cccc(NC(=O)c2cccn(Cc3ccccc3)c2=O)c1)Nc1ccccc1. The number of ether oxygens (including phenoxy) is 1. The van der Waals surface area contributed by atoms with Crippen molar-refractivity contribution in [3.63, 3.8) is 0 Å². The summed E-state index contributed by atoms with van der Waals surface area (Å²) in [6, 6.07) is 28.4. The lowest BCUT2D eigenvalue weighted by molar-refractivity contribution is -0.118. The van der Waals surface area contributed by atoms with Gasteiger partial charge >= 0.3 is 0 Å². The van der Waals surface area contributed by atoms with Crippen molar-refractivity contribution in [1.82, 2.24) is 4.57 Å². The van der Waals surface area contributed by atoms with Crippen LogP contribution in [0.5, 0.6) is 5.75 Å². The fourth-order valence-electron chi connectivity index (χ4n) is 3.34. The van der Waals surface area contributed by atoms with E-state index in [-0.39, 0.29) is 23.6 Å². The van der Waals surface area contributed by atoms with Crippen LogP contribution in [-0.4, -0.2) is 23.0 Å². The first kappa shape index (κ1) is 22.5. The third-order valence-electron chi connectivity index (χ3n) is 4.98. The van der Waals surface area contributed by atoms with Crippen LogP contribution in [0.4, 0.5) is 11.4 Å². The maximum Gasteiger partial charge on any atom is 0.263 e. The summed E-state index contributed by atoms with van der Waals surface area (Å²) in [4.78, 5) is 37.7. The molecule has 0 unspecified atom stereocenters. The van der Waals surface area contributed by atoms with E-state index in [0.717, 1.165) is 5.56 Å². The fraction of sp³-hybridized carbons (Fsp3) is 0.0741. The molecule has 2 N–H and O–H groups in total. The normalized spacial score (nSPS) is 10.4. The van der Waals surface area contributed by atoms with Gasteiger partial charge in [0, 0.05) is 23.6 Å². The number of hydrogen-bond donors (Lipinski definition) is 2. The highest BCUT2D eigenvalue weighted by Gasteiger charge is 2.13. The molecular formula is C27H23N3O4. The van der Waals surface area contributed by atoms with Gasteiger partial charge in [0.25, 0.3) is 17.4 Å². The van der Waals surface area contributed by atoms with Gasteiger partial charge in [-0.05, 0) is 42.0 Å². The standard InChI is InChI=1S/C27H23N3O4/c31-25(28-21-11-5-2-6-12-21)19-34-23-14-7-13-22(17-23)29-26(32)24-15-8-16-30(27(24)33)18-20-9-3-1-4-10-20/h1-17H,18-19H2,(H,28,31)(H,29,32). The number of nitrogens with one attached hydrogen (secondary N) is 2. The van der Waals surface area contributed by atoms with Crippen molar-refractivity contribution in [1.29, 1.82) is 0 Å². The van der Waals surface area contributed by atoms with Crippen molar-refractivity contribution in [2.75, 3.05) is 17.2 Å². The maximum absolute atomic E-state index is 12.8. The second-order valence-corrected chi connectivity index (χ2v) is 7.53. The van der Waals surface area contributed by atoms with Crippen LogP contribution in [0.25, 0.3) is 0 Å². The molecule has 0 aliphatic heterocycles. The number of amides is 2. The average molecular weight is 453 g/mol. The molecule has 4 aromatic rings. The zero-order chi connectivity index (χ0) is 23.8. The number of aromatic nitrogens is 1. The number of pyridine rings is 1. The van der Waals surface area contributed by atoms with Crippen LogP contribution in [0.1, 0.15) is 15.9 Å². The van der Waals surface area contributed by atoms with E-state index in [4.69, 9.17) is 4.74 Å². The Hall–Kier alpha value is -4.65. The Kier molecular flexibility index (Phi) is 7.15. The second kappa shape index (κ2) is 10.8. The van der Waals surface area contributed by atoms with Crippen molar-refractivity contribution in [2.45, 2.75) is 6.54 Å². The molecule has 170 valence electrons. The number of carbonyl (C=O) groups excluding carboxylic acids is 2. The van der Waals surface area contributed by atoms with E-state index in [1.165, 1.54) is 10.6 Å². The summed E-state index contributed by atoms with van der Waals surface area (Å²) in [5.41, 5.74) is 1.74. The van der Waals surface area contributed by atoms with E-state index in [2.05, 4.69) is 10.6 Å². The molecule has 0 saturated carbocycles. The zero-order valence-electron chi connectivity index (χ0n) is 18.3. The summed E-state index contributed by atoms with van der Waals surface area (Å²) in [6.45, 7) is 0.185. The molecule has 7 heteroatoms. The van der Waals surface area contributed by atoms with Gasteiger partial charge in [0.2, 0.25) is 0 Å². The minimum atomic E-state index is -0.522. The first-order valence-electron chi connectivity index (χ1n) is 10.7. The zero-order valence-corrected chi connectivity index (χ0v) is 18.3. The topological polar surface area (TPSA) is 89.4 Å². The largest absolute Gasteiger partial charge is 0.484 e. The number of hydrogen-bond acceptors (Lipinski definition) is 4. The highest BCUT2D eigenvalue weighted by molar-refractivity contribution is 6.04. The van der Waals surface area contributed by atoms with Gasteiger partial charge in [0.15, 0.2) is 6.61 Å². The second-order valence-electron chi connectivity index (χ2n) is 7.53. The van der Waals surface area contributed by atoms with E-state index in [9.17, 15) is 14.4 Å². The summed E-state index contributed by atoms with van der Waals surface area (Å²) in [7, 11) is 0. The number of rotatable bonds is 8. The minimum Gasteiger partial charge on any atom is -0.484 e. The van der Waals surface area contributed by atoms with E-state index < -0.39 is 5.91 Å². The molecule has 0 bridgehead atoms.